The van der Waals surface area contributed by atoms with Gasteiger partial charge in [0.15, 0.2) is 0 Å². The number of hydrogen-bond acceptors (Lipinski definition) is 4. The number of ether oxygens (including phenoxy) is 1. The first-order valence-electron chi connectivity index (χ1n) is 8.86. The molecule has 0 saturated carbocycles. The number of aliphatic hydroxyl groups excluding tert-OH is 1. The van der Waals surface area contributed by atoms with Gasteiger partial charge in [-0.05, 0) is 36.8 Å². The molecule has 0 aliphatic rings. The third-order valence-corrected chi connectivity index (χ3v) is 4.32. The van der Waals surface area contributed by atoms with E-state index in [0.717, 1.165) is 17.0 Å². The topological polar surface area (TPSA) is 59.3 Å². The number of nitrogens with one attached hydrogen (secondary N) is 1. The Morgan fingerprint density at radius 1 is 1.21 bits per heavy atom. The summed E-state index contributed by atoms with van der Waals surface area (Å²) in [6, 6.07) is 13.7. The number of nitrogens with zero attached hydrogens (tertiary/aromatic N) is 2. The summed E-state index contributed by atoms with van der Waals surface area (Å²) < 4.78 is 21.2. The Morgan fingerprint density at radius 2 is 1.96 bits per heavy atom. The lowest BCUT2D eigenvalue weighted by molar-refractivity contribution is 0.104. The number of hydrogen-bond donors (Lipinski definition) is 2. The Kier molecular flexibility index (Phi) is 7.99. The van der Waals surface area contributed by atoms with Crippen LogP contribution in [0.4, 0.5) is 4.39 Å². The van der Waals surface area contributed by atoms with E-state index in [1.807, 2.05) is 55.1 Å². The lowest BCUT2D eigenvalue weighted by atomic mass is 10.1. The van der Waals surface area contributed by atoms with E-state index in [4.69, 9.17) is 4.74 Å². The van der Waals surface area contributed by atoms with Gasteiger partial charge in [-0.1, -0.05) is 29.8 Å². The van der Waals surface area contributed by atoms with Gasteiger partial charge in [0.05, 0.1) is 6.04 Å². The second-order valence-corrected chi connectivity index (χ2v) is 6.57. The maximum Gasteiger partial charge on any atom is 0.130 e. The molecule has 3 rings (SSSR count). The highest BCUT2D eigenvalue weighted by molar-refractivity contribution is 5.85. The standard InChI is InChI=1S/C21H24FN3O2.ClH/c1-15-6-8-19(9-7-15)27-14-18(26)13-24-20(21-23-10-11-25(21)2)16-4-3-5-17(22)12-16;/h3-12,18,20,24,26H,13-14H2,1-2H3;1H. The van der Waals surface area contributed by atoms with Crippen LogP contribution in [0.1, 0.15) is 23.0 Å². The molecule has 0 aliphatic heterocycles. The summed E-state index contributed by atoms with van der Waals surface area (Å²) in [6.07, 6.45) is 2.81. The summed E-state index contributed by atoms with van der Waals surface area (Å²) >= 11 is 0. The number of aromatic nitrogens is 2. The summed E-state index contributed by atoms with van der Waals surface area (Å²) in [5.41, 5.74) is 1.90. The summed E-state index contributed by atoms with van der Waals surface area (Å²) in [6.45, 7) is 2.44. The third-order valence-electron chi connectivity index (χ3n) is 4.32. The van der Waals surface area contributed by atoms with Crippen LogP contribution < -0.4 is 10.1 Å². The molecule has 3 aromatic rings. The largest absolute Gasteiger partial charge is 0.491 e. The van der Waals surface area contributed by atoms with Gasteiger partial charge in [-0.15, -0.1) is 12.4 Å². The Balaban J connectivity index is 0.00000280. The van der Waals surface area contributed by atoms with E-state index in [1.54, 1.807) is 12.3 Å². The van der Waals surface area contributed by atoms with Crippen LogP contribution in [0, 0.1) is 12.7 Å². The van der Waals surface area contributed by atoms with Crippen molar-refractivity contribution < 1.29 is 14.2 Å². The Hall–Kier alpha value is -2.41. The molecule has 2 unspecified atom stereocenters. The van der Waals surface area contributed by atoms with Gasteiger partial charge >= 0.3 is 0 Å². The van der Waals surface area contributed by atoms with E-state index in [0.29, 0.717) is 5.75 Å². The van der Waals surface area contributed by atoms with Crippen molar-refractivity contribution in [1.29, 1.82) is 0 Å². The molecule has 0 aliphatic carbocycles. The number of halogens is 2. The average Bonchev–Trinajstić information content (AvgIpc) is 3.07. The van der Waals surface area contributed by atoms with Gasteiger partial charge in [0.25, 0.3) is 0 Å². The van der Waals surface area contributed by atoms with Crippen molar-refractivity contribution in [1.82, 2.24) is 14.9 Å². The number of aliphatic hydroxyl groups is 1. The molecular weight excluding hydrogens is 381 g/mol. The normalized spacial score (nSPS) is 12.9. The second-order valence-electron chi connectivity index (χ2n) is 6.57. The third kappa shape index (κ3) is 5.79. The Labute approximate surface area is 170 Å². The fourth-order valence-electron chi connectivity index (χ4n) is 2.84. The Bertz CT molecular complexity index is 870. The zero-order valence-electron chi connectivity index (χ0n) is 15.9. The zero-order valence-corrected chi connectivity index (χ0v) is 16.7. The van der Waals surface area contributed by atoms with Gasteiger partial charge in [0.1, 0.15) is 30.1 Å². The maximum atomic E-state index is 13.7. The molecule has 2 aromatic carbocycles. The molecule has 2 N–H and O–H groups in total. The fraction of sp³-hybridized carbons (Fsp3) is 0.286. The molecule has 0 fully saturated rings. The van der Waals surface area contributed by atoms with Gasteiger partial charge in [0.2, 0.25) is 0 Å². The van der Waals surface area contributed by atoms with Gasteiger partial charge in [-0.2, -0.15) is 0 Å². The summed E-state index contributed by atoms with van der Waals surface area (Å²) in [7, 11) is 1.88. The highest BCUT2D eigenvalue weighted by atomic mass is 35.5. The molecule has 150 valence electrons. The first-order valence-corrected chi connectivity index (χ1v) is 8.86. The van der Waals surface area contributed by atoms with Crippen LogP contribution in [-0.4, -0.2) is 33.9 Å². The molecule has 1 aromatic heterocycles. The maximum absolute atomic E-state index is 13.7. The molecule has 28 heavy (non-hydrogen) atoms. The summed E-state index contributed by atoms with van der Waals surface area (Å²) in [5.74, 6) is 1.15. The van der Waals surface area contributed by atoms with E-state index >= 15 is 0 Å². The van der Waals surface area contributed by atoms with Crippen LogP contribution in [-0.2, 0) is 7.05 Å². The minimum absolute atomic E-state index is 0. The van der Waals surface area contributed by atoms with Gasteiger partial charge in [-0.25, -0.2) is 9.37 Å². The first kappa shape index (κ1) is 21.9. The predicted molar refractivity (Wildman–Crippen MR) is 109 cm³/mol. The van der Waals surface area contributed by atoms with Crippen molar-refractivity contribution >= 4 is 12.4 Å². The second kappa shape index (κ2) is 10.2. The quantitative estimate of drug-likeness (QED) is 0.603. The van der Waals surface area contributed by atoms with Crippen LogP contribution in [0.3, 0.4) is 0 Å². The van der Waals surface area contributed by atoms with Crippen molar-refractivity contribution in [3.05, 3.63) is 83.7 Å². The SMILES string of the molecule is Cc1ccc(OCC(O)CNC(c2cccc(F)c2)c2nccn2C)cc1.Cl. The summed E-state index contributed by atoms with van der Waals surface area (Å²) in [5, 5.41) is 13.6. The zero-order chi connectivity index (χ0) is 19.2. The van der Waals surface area contributed by atoms with Crippen molar-refractivity contribution in [3.63, 3.8) is 0 Å². The van der Waals surface area contributed by atoms with E-state index in [1.165, 1.54) is 12.1 Å². The molecule has 1 heterocycles. The lowest BCUT2D eigenvalue weighted by Gasteiger charge is -2.21. The predicted octanol–water partition coefficient (Wildman–Crippen LogP) is 3.41. The molecule has 0 amide bonds. The average molecular weight is 406 g/mol. The van der Waals surface area contributed by atoms with E-state index in [9.17, 15) is 9.50 Å². The number of imidazole rings is 1. The van der Waals surface area contributed by atoms with Crippen molar-refractivity contribution in [2.45, 2.75) is 19.1 Å². The fourth-order valence-corrected chi connectivity index (χ4v) is 2.84. The molecular formula is C21H25ClFN3O2. The minimum Gasteiger partial charge on any atom is -0.491 e. The van der Waals surface area contributed by atoms with Crippen LogP contribution in [0.15, 0.2) is 60.9 Å². The van der Waals surface area contributed by atoms with Crippen LogP contribution in [0.2, 0.25) is 0 Å². The van der Waals surface area contributed by atoms with Gasteiger partial charge in [-0.3, -0.25) is 0 Å². The number of rotatable bonds is 8. The van der Waals surface area contributed by atoms with Crippen LogP contribution in [0.25, 0.3) is 0 Å². The molecule has 0 spiro atoms. The minimum atomic E-state index is -0.720. The van der Waals surface area contributed by atoms with Crippen LogP contribution >= 0.6 is 12.4 Å². The smallest absolute Gasteiger partial charge is 0.130 e. The van der Waals surface area contributed by atoms with Gasteiger partial charge < -0.3 is 19.7 Å². The monoisotopic (exact) mass is 405 g/mol. The first-order chi connectivity index (χ1) is 13.0. The van der Waals surface area contributed by atoms with E-state index in [2.05, 4.69) is 10.3 Å². The molecule has 7 heteroatoms. The summed E-state index contributed by atoms with van der Waals surface area (Å²) in [4.78, 5) is 4.37. The highest BCUT2D eigenvalue weighted by Gasteiger charge is 2.20. The Morgan fingerprint density at radius 3 is 2.61 bits per heavy atom. The van der Waals surface area contributed by atoms with Gasteiger partial charge in [0, 0.05) is 26.0 Å². The lowest BCUT2D eigenvalue weighted by Crippen LogP contribution is -2.35. The van der Waals surface area contributed by atoms with Crippen LogP contribution in [0.5, 0.6) is 5.75 Å². The highest BCUT2D eigenvalue weighted by Crippen LogP contribution is 2.21. The number of benzene rings is 2. The van der Waals surface area contributed by atoms with Crippen molar-refractivity contribution in [2.75, 3.05) is 13.2 Å². The molecule has 2 atom stereocenters. The molecule has 0 radical (unpaired) electrons. The van der Waals surface area contributed by atoms with E-state index in [-0.39, 0.29) is 37.4 Å². The molecule has 0 bridgehead atoms. The molecule has 0 saturated heterocycles. The van der Waals surface area contributed by atoms with E-state index < -0.39 is 6.10 Å². The van der Waals surface area contributed by atoms with Crippen molar-refractivity contribution in [3.8, 4) is 5.75 Å². The molecule has 5 nitrogen and oxygen atoms in total. The van der Waals surface area contributed by atoms with Crippen molar-refractivity contribution in [2.24, 2.45) is 7.05 Å². The number of aryl methyl sites for hydroxylation is 2.